The fourth-order valence-corrected chi connectivity index (χ4v) is 2.37. The minimum Gasteiger partial charge on any atom is -0.497 e. The first-order valence-electron chi connectivity index (χ1n) is 7.21. The highest BCUT2D eigenvalue weighted by atomic mass is 16.5. The first-order valence-corrected chi connectivity index (χ1v) is 7.21. The summed E-state index contributed by atoms with van der Waals surface area (Å²) >= 11 is 0. The number of aryl methyl sites for hydroxylation is 1. The highest BCUT2D eigenvalue weighted by Gasteiger charge is 2.19. The maximum absolute atomic E-state index is 5.52. The Morgan fingerprint density at radius 3 is 2.62 bits per heavy atom. The van der Waals surface area contributed by atoms with Crippen molar-refractivity contribution in [3.8, 4) is 11.5 Å². The average molecular weight is 289 g/mol. The molecule has 1 aromatic heterocycles. The van der Waals surface area contributed by atoms with Crippen LogP contribution in [0.3, 0.4) is 0 Å². The van der Waals surface area contributed by atoms with Gasteiger partial charge in [0.2, 0.25) is 0 Å². The van der Waals surface area contributed by atoms with Crippen LogP contribution in [0.5, 0.6) is 11.5 Å². The molecule has 114 valence electrons. The quantitative estimate of drug-likeness (QED) is 0.851. The lowest BCUT2D eigenvalue weighted by molar-refractivity contribution is 0.387. The maximum atomic E-state index is 5.52. The van der Waals surface area contributed by atoms with Crippen molar-refractivity contribution in [1.29, 1.82) is 0 Å². The van der Waals surface area contributed by atoms with Crippen LogP contribution in [0, 0.1) is 0 Å². The number of rotatable bonds is 7. The Balaban J connectivity index is 2.41. The van der Waals surface area contributed by atoms with Crippen LogP contribution in [0.15, 0.2) is 30.6 Å². The van der Waals surface area contributed by atoms with Gasteiger partial charge in [-0.2, -0.15) is 5.10 Å². The molecule has 0 saturated carbocycles. The van der Waals surface area contributed by atoms with Crippen molar-refractivity contribution in [2.45, 2.75) is 26.4 Å². The molecule has 21 heavy (non-hydrogen) atoms. The summed E-state index contributed by atoms with van der Waals surface area (Å²) in [5, 5.41) is 7.85. The maximum Gasteiger partial charge on any atom is 0.127 e. The van der Waals surface area contributed by atoms with E-state index >= 15 is 0 Å². The fraction of sp³-hybridized carbons (Fsp3) is 0.438. The molecule has 5 nitrogen and oxygen atoms in total. The van der Waals surface area contributed by atoms with Gasteiger partial charge in [0.05, 0.1) is 26.5 Å². The minimum atomic E-state index is 0.0520. The molecule has 2 aromatic rings. The summed E-state index contributed by atoms with van der Waals surface area (Å²) in [6.07, 6.45) is 3.97. The summed E-state index contributed by atoms with van der Waals surface area (Å²) in [6, 6.07) is 5.95. The van der Waals surface area contributed by atoms with Crippen LogP contribution in [0.2, 0.25) is 0 Å². The second-order valence-corrected chi connectivity index (χ2v) is 4.73. The van der Waals surface area contributed by atoms with Gasteiger partial charge in [-0.25, -0.2) is 0 Å². The molecule has 0 radical (unpaired) electrons. The van der Waals surface area contributed by atoms with E-state index in [2.05, 4.69) is 30.5 Å². The largest absolute Gasteiger partial charge is 0.497 e. The van der Waals surface area contributed by atoms with Crippen molar-refractivity contribution in [3.63, 3.8) is 0 Å². The Kier molecular flexibility index (Phi) is 5.22. The van der Waals surface area contributed by atoms with Crippen LogP contribution in [-0.2, 0) is 6.54 Å². The Bertz CT molecular complexity index is 581. The number of methoxy groups -OCH3 is 2. The summed E-state index contributed by atoms with van der Waals surface area (Å²) in [7, 11) is 3.33. The lowest BCUT2D eigenvalue weighted by Gasteiger charge is -2.20. The van der Waals surface area contributed by atoms with Crippen molar-refractivity contribution in [1.82, 2.24) is 15.1 Å². The molecule has 0 saturated heterocycles. The molecule has 1 N–H and O–H groups in total. The Labute approximate surface area is 125 Å². The van der Waals surface area contributed by atoms with Gasteiger partial charge in [-0.1, -0.05) is 6.92 Å². The van der Waals surface area contributed by atoms with E-state index in [1.165, 1.54) is 0 Å². The molecule has 0 aliphatic rings. The Morgan fingerprint density at radius 2 is 2.05 bits per heavy atom. The summed E-state index contributed by atoms with van der Waals surface area (Å²) in [5.41, 5.74) is 2.21. The smallest absolute Gasteiger partial charge is 0.127 e. The third-order valence-corrected chi connectivity index (χ3v) is 3.47. The summed E-state index contributed by atoms with van der Waals surface area (Å²) in [5.74, 6) is 1.60. The third kappa shape index (κ3) is 3.36. The van der Waals surface area contributed by atoms with E-state index in [0.29, 0.717) is 0 Å². The van der Waals surface area contributed by atoms with Gasteiger partial charge >= 0.3 is 0 Å². The van der Waals surface area contributed by atoms with Crippen molar-refractivity contribution in [2.24, 2.45) is 0 Å². The van der Waals surface area contributed by atoms with E-state index in [1.54, 1.807) is 14.2 Å². The van der Waals surface area contributed by atoms with Crippen LogP contribution >= 0.6 is 0 Å². The highest BCUT2D eigenvalue weighted by molar-refractivity contribution is 5.45. The molecule has 1 atom stereocenters. The van der Waals surface area contributed by atoms with Gasteiger partial charge in [0.25, 0.3) is 0 Å². The number of benzene rings is 1. The van der Waals surface area contributed by atoms with Crippen LogP contribution in [0.1, 0.15) is 31.0 Å². The van der Waals surface area contributed by atoms with E-state index in [9.17, 15) is 0 Å². The number of nitrogens with one attached hydrogen (secondary N) is 1. The molecule has 0 amide bonds. The van der Waals surface area contributed by atoms with Gasteiger partial charge in [0.1, 0.15) is 11.5 Å². The number of hydrogen-bond donors (Lipinski definition) is 1. The summed E-state index contributed by atoms with van der Waals surface area (Å²) in [4.78, 5) is 0. The zero-order valence-corrected chi connectivity index (χ0v) is 13.1. The lowest BCUT2D eigenvalue weighted by Crippen LogP contribution is -2.22. The molecular weight excluding hydrogens is 266 g/mol. The molecule has 5 heteroatoms. The van der Waals surface area contributed by atoms with Gasteiger partial charge in [0.15, 0.2) is 0 Å². The topological polar surface area (TPSA) is 48.3 Å². The van der Waals surface area contributed by atoms with E-state index in [0.717, 1.165) is 35.7 Å². The number of hydrogen-bond acceptors (Lipinski definition) is 4. The number of aromatic nitrogens is 2. The molecule has 2 rings (SSSR count). The Hall–Kier alpha value is -2.01. The first kappa shape index (κ1) is 15.4. The average Bonchev–Trinajstić information content (AvgIpc) is 3.00. The van der Waals surface area contributed by atoms with Crippen molar-refractivity contribution < 1.29 is 9.47 Å². The molecule has 0 aliphatic carbocycles. The van der Waals surface area contributed by atoms with Gasteiger partial charge in [-0.3, -0.25) is 4.68 Å². The van der Waals surface area contributed by atoms with Gasteiger partial charge in [-0.15, -0.1) is 0 Å². The lowest BCUT2D eigenvalue weighted by atomic mass is 10.00. The standard InChI is InChI=1S/C16H23N3O2/c1-5-17-16(12-10-18-19(6-2)11-12)14-8-7-13(20-3)9-15(14)21-4/h7-11,16-17H,5-6H2,1-4H3. The molecule has 0 spiro atoms. The predicted octanol–water partition coefficient (Wildman–Crippen LogP) is 2.62. The monoisotopic (exact) mass is 289 g/mol. The molecule has 0 fully saturated rings. The van der Waals surface area contributed by atoms with E-state index in [-0.39, 0.29) is 6.04 Å². The van der Waals surface area contributed by atoms with Crippen LogP contribution in [0.25, 0.3) is 0 Å². The van der Waals surface area contributed by atoms with Crippen LogP contribution in [0.4, 0.5) is 0 Å². The molecule has 1 aromatic carbocycles. The Morgan fingerprint density at radius 1 is 1.24 bits per heavy atom. The second kappa shape index (κ2) is 7.13. The summed E-state index contributed by atoms with van der Waals surface area (Å²) < 4.78 is 12.7. The molecule has 0 aliphatic heterocycles. The SMILES string of the molecule is CCNC(c1cnn(CC)c1)c1ccc(OC)cc1OC. The summed E-state index contributed by atoms with van der Waals surface area (Å²) in [6.45, 7) is 5.88. The van der Waals surface area contributed by atoms with E-state index in [1.807, 2.05) is 29.1 Å². The minimum absolute atomic E-state index is 0.0520. The zero-order chi connectivity index (χ0) is 15.2. The predicted molar refractivity (Wildman–Crippen MR) is 83.0 cm³/mol. The van der Waals surface area contributed by atoms with Crippen molar-refractivity contribution in [3.05, 3.63) is 41.7 Å². The molecule has 1 heterocycles. The first-order chi connectivity index (χ1) is 10.2. The fourth-order valence-electron chi connectivity index (χ4n) is 2.37. The van der Waals surface area contributed by atoms with Crippen LogP contribution in [-0.4, -0.2) is 30.5 Å². The second-order valence-electron chi connectivity index (χ2n) is 4.73. The van der Waals surface area contributed by atoms with Crippen molar-refractivity contribution in [2.75, 3.05) is 20.8 Å². The highest BCUT2D eigenvalue weighted by Crippen LogP contribution is 2.32. The van der Waals surface area contributed by atoms with Gasteiger partial charge in [0, 0.05) is 29.9 Å². The van der Waals surface area contributed by atoms with E-state index < -0.39 is 0 Å². The van der Waals surface area contributed by atoms with Gasteiger partial charge < -0.3 is 14.8 Å². The normalized spacial score (nSPS) is 12.2. The zero-order valence-electron chi connectivity index (χ0n) is 13.1. The van der Waals surface area contributed by atoms with Crippen LogP contribution < -0.4 is 14.8 Å². The van der Waals surface area contributed by atoms with Crippen molar-refractivity contribution >= 4 is 0 Å². The van der Waals surface area contributed by atoms with Gasteiger partial charge in [-0.05, 0) is 25.6 Å². The number of nitrogens with zero attached hydrogens (tertiary/aromatic N) is 2. The van der Waals surface area contributed by atoms with E-state index in [4.69, 9.17) is 9.47 Å². The third-order valence-electron chi connectivity index (χ3n) is 3.47. The molecular formula is C16H23N3O2. The number of ether oxygens (including phenoxy) is 2. The molecule has 1 unspecified atom stereocenters. The molecule has 0 bridgehead atoms.